The normalized spacial score (nSPS) is 18.4. The number of hydrogen-bond acceptors (Lipinski definition) is 3. The molecule has 0 saturated heterocycles. The molecule has 0 unspecified atom stereocenters. The maximum absolute atomic E-state index is 12.3. The fourth-order valence-electron chi connectivity index (χ4n) is 2.92. The fraction of sp³-hybridized carbons (Fsp3) is 0.400. The van der Waals surface area contributed by atoms with E-state index in [0.717, 1.165) is 17.7 Å². The Kier molecular flexibility index (Phi) is 3.16. The Hall–Kier alpha value is -2.37. The molecule has 1 aromatic carbocycles. The van der Waals surface area contributed by atoms with Crippen molar-refractivity contribution in [2.75, 3.05) is 5.32 Å². The van der Waals surface area contributed by atoms with Gasteiger partial charge in [0.15, 0.2) is 0 Å². The molecule has 1 saturated carbocycles. The molecule has 0 radical (unpaired) electrons. The highest BCUT2D eigenvalue weighted by molar-refractivity contribution is 6.01. The lowest BCUT2D eigenvalue weighted by molar-refractivity contribution is -0.139. The van der Waals surface area contributed by atoms with Gasteiger partial charge in [0.25, 0.3) is 5.91 Å². The molecule has 1 aliphatic carbocycles. The lowest BCUT2D eigenvalue weighted by Crippen LogP contribution is -2.54. The number of anilines is 1. The van der Waals surface area contributed by atoms with Gasteiger partial charge in [0.05, 0.1) is 18.4 Å². The van der Waals surface area contributed by atoms with Crippen LogP contribution in [0.5, 0.6) is 0 Å². The second-order valence-electron chi connectivity index (χ2n) is 5.76. The summed E-state index contributed by atoms with van der Waals surface area (Å²) in [6, 6.07) is 5.04. The lowest BCUT2D eigenvalue weighted by atomic mass is 9.74. The summed E-state index contributed by atoms with van der Waals surface area (Å²) in [4.78, 5) is 34.5. The first-order valence-corrected chi connectivity index (χ1v) is 6.95. The fourth-order valence-corrected chi connectivity index (χ4v) is 2.92. The number of rotatable bonds is 4. The first kappa shape index (κ1) is 13.6. The summed E-state index contributed by atoms with van der Waals surface area (Å²) in [6.07, 6.45) is 2.53. The summed E-state index contributed by atoms with van der Waals surface area (Å²) in [5.74, 6) is -1.26. The monoisotopic (exact) mass is 288 g/mol. The van der Waals surface area contributed by atoms with Crippen molar-refractivity contribution in [1.82, 2.24) is 5.32 Å². The zero-order valence-electron chi connectivity index (χ0n) is 11.4. The van der Waals surface area contributed by atoms with E-state index in [1.165, 1.54) is 0 Å². The van der Waals surface area contributed by atoms with Crippen LogP contribution in [-0.2, 0) is 16.0 Å². The van der Waals surface area contributed by atoms with Gasteiger partial charge in [0.1, 0.15) is 0 Å². The van der Waals surface area contributed by atoms with Gasteiger partial charge in [0, 0.05) is 11.3 Å². The minimum absolute atomic E-state index is 0.0519. The van der Waals surface area contributed by atoms with Crippen LogP contribution >= 0.6 is 0 Å². The van der Waals surface area contributed by atoms with Gasteiger partial charge in [-0.05, 0) is 43.0 Å². The average molecular weight is 288 g/mol. The van der Waals surface area contributed by atoms with Crippen molar-refractivity contribution in [3.05, 3.63) is 29.3 Å². The maximum atomic E-state index is 12.3. The van der Waals surface area contributed by atoms with Crippen molar-refractivity contribution in [3.8, 4) is 0 Å². The van der Waals surface area contributed by atoms with E-state index in [1.54, 1.807) is 18.2 Å². The van der Waals surface area contributed by atoms with Crippen molar-refractivity contribution in [1.29, 1.82) is 0 Å². The number of fused-ring (bicyclic) bond motifs is 1. The molecule has 6 nitrogen and oxygen atoms in total. The van der Waals surface area contributed by atoms with Gasteiger partial charge in [-0.15, -0.1) is 0 Å². The number of carbonyl (C=O) groups is 3. The zero-order chi connectivity index (χ0) is 15.0. The summed E-state index contributed by atoms with van der Waals surface area (Å²) >= 11 is 0. The SMILES string of the molecule is O=C(O)CC1(NC(=O)c2ccc3c(c2)CC(=O)N3)CCC1. The molecule has 1 fully saturated rings. The van der Waals surface area contributed by atoms with Crippen molar-refractivity contribution in [3.63, 3.8) is 0 Å². The number of benzene rings is 1. The zero-order valence-corrected chi connectivity index (χ0v) is 11.4. The predicted molar refractivity (Wildman–Crippen MR) is 75.1 cm³/mol. The number of hydrogen-bond donors (Lipinski definition) is 3. The number of carbonyl (C=O) groups excluding carboxylic acids is 2. The maximum Gasteiger partial charge on any atom is 0.305 e. The summed E-state index contributed by atoms with van der Waals surface area (Å²) in [6.45, 7) is 0. The van der Waals surface area contributed by atoms with Crippen molar-refractivity contribution in [2.24, 2.45) is 0 Å². The molecule has 3 rings (SSSR count). The van der Waals surface area contributed by atoms with Gasteiger partial charge < -0.3 is 15.7 Å². The molecule has 0 atom stereocenters. The van der Waals surface area contributed by atoms with E-state index in [1.807, 2.05) is 0 Å². The Bertz CT molecular complexity index is 635. The number of amides is 2. The average Bonchev–Trinajstić information content (AvgIpc) is 2.74. The van der Waals surface area contributed by atoms with Gasteiger partial charge in [-0.1, -0.05) is 0 Å². The van der Waals surface area contributed by atoms with E-state index >= 15 is 0 Å². The minimum Gasteiger partial charge on any atom is -0.481 e. The van der Waals surface area contributed by atoms with Crippen molar-refractivity contribution < 1.29 is 19.5 Å². The van der Waals surface area contributed by atoms with Gasteiger partial charge in [-0.3, -0.25) is 14.4 Å². The topological polar surface area (TPSA) is 95.5 Å². The third-order valence-electron chi connectivity index (χ3n) is 4.17. The molecule has 110 valence electrons. The summed E-state index contributed by atoms with van der Waals surface area (Å²) < 4.78 is 0. The van der Waals surface area contributed by atoms with E-state index in [4.69, 9.17) is 5.11 Å². The second-order valence-corrected chi connectivity index (χ2v) is 5.76. The van der Waals surface area contributed by atoms with E-state index in [-0.39, 0.29) is 24.7 Å². The molecule has 6 heteroatoms. The molecule has 0 spiro atoms. The van der Waals surface area contributed by atoms with Crippen LogP contribution in [0.3, 0.4) is 0 Å². The molecule has 0 aromatic heterocycles. The predicted octanol–water partition coefficient (Wildman–Crippen LogP) is 1.31. The van der Waals surface area contributed by atoms with E-state index < -0.39 is 11.5 Å². The largest absolute Gasteiger partial charge is 0.481 e. The molecule has 0 bridgehead atoms. The van der Waals surface area contributed by atoms with Gasteiger partial charge in [-0.2, -0.15) is 0 Å². The van der Waals surface area contributed by atoms with Crippen LogP contribution in [0.25, 0.3) is 0 Å². The van der Waals surface area contributed by atoms with Gasteiger partial charge in [-0.25, -0.2) is 0 Å². The summed E-state index contributed by atoms with van der Waals surface area (Å²) in [5.41, 5.74) is 1.38. The Morgan fingerprint density at radius 1 is 1.33 bits per heavy atom. The molecule has 1 heterocycles. The van der Waals surface area contributed by atoms with E-state index in [0.29, 0.717) is 18.4 Å². The van der Waals surface area contributed by atoms with E-state index in [9.17, 15) is 14.4 Å². The van der Waals surface area contributed by atoms with Crippen molar-refractivity contribution in [2.45, 2.75) is 37.6 Å². The molecule has 3 N–H and O–H groups in total. The van der Waals surface area contributed by atoms with Crippen LogP contribution in [-0.4, -0.2) is 28.4 Å². The Morgan fingerprint density at radius 3 is 2.71 bits per heavy atom. The highest BCUT2D eigenvalue weighted by Crippen LogP contribution is 2.35. The standard InChI is InChI=1S/C15H16N2O4/c18-12-7-10-6-9(2-3-11(10)16-12)14(21)17-15(4-1-5-15)8-13(19)20/h2-3,6H,1,4-5,7-8H2,(H,16,18)(H,17,21)(H,19,20). The Labute approximate surface area is 121 Å². The molecule has 1 aromatic rings. The van der Waals surface area contributed by atoms with E-state index in [2.05, 4.69) is 10.6 Å². The highest BCUT2D eigenvalue weighted by Gasteiger charge is 2.40. The van der Waals surface area contributed by atoms with Crippen LogP contribution in [0.4, 0.5) is 5.69 Å². The third kappa shape index (κ3) is 2.61. The van der Waals surface area contributed by atoms with Gasteiger partial charge in [0.2, 0.25) is 5.91 Å². The summed E-state index contributed by atoms with van der Waals surface area (Å²) in [5, 5.41) is 14.5. The smallest absolute Gasteiger partial charge is 0.305 e. The highest BCUT2D eigenvalue weighted by atomic mass is 16.4. The molecule has 2 amide bonds. The number of nitrogens with one attached hydrogen (secondary N) is 2. The second kappa shape index (κ2) is 4.87. The molecular formula is C15H16N2O4. The lowest BCUT2D eigenvalue weighted by Gasteiger charge is -2.41. The molecule has 21 heavy (non-hydrogen) atoms. The first-order valence-electron chi connectivity index (χ1n) is 6.95. The van der Waals surface area contributed by atoms with Crippen LogP contribution in [0, 0.1) is 0 Å². The first-order chi connectivity index (χ1) is 9.97. The molecule has 2 aliphatic rings. The molecular weight excluding hydrogens is 272 g/mol. The summed E-state index contributed by atoms with van der Waals surface area (Å²) in [7, 11) is 0. The number of carboxylic acids is 1. The van der Waals surface area contributed by atoms with Crippen LogP contribution < -0.4 is 10.6 Å². The molecule has 1 aliphatic heterocycles. The minimum atomic E-state index is -0.904. The third-order valence-corrected chi connectivity index (χ3v) is 4.17. The number of carboxylic acid groups (broad SMARTS) is 1. The Morgan fingerprint density at radius 2 is 2.10 bits per heavy atom. The van der Waals surface area contributed by atoms with Crippen LogP contribution in [0.15, 0.2) is 18.2 Å². The van der Waals surface area contributed by atoms with Crippen LogP contribution in [0.2, 0.25) is 0 Å². The van der Waals surface area contributed by atoms with Gasteiger partial charge >= 0.3 is 5.97 Å². The van der Waals surface area contributed by atoms with Crippen LogP contribution in [0.1, 0.15) is 41.6 Å². The van der Waals surface area contributed by atoms with Crippen molar-refractivity contribution >= 4 is 23.5 Å². The Balaban J connectivity index is 1.75. The number of aliphatic carboxylic acids is 1. The quantitative estimate of drug-likeness (QED) is 0.778.